The number of hydrogen-bond donors (Lipinski definition) is 1. The molecule has 0 unspecified atom stereocenters. The Bertz CT molecular complexity index is 209. The summed E-state index contributed by atoms with van der Waals surface area (Å²) in [5.41, 5.74) is 0.536. The molecule has 1 aliphatic rings. The molecule has 114 valence electrons. The van der Waals surface area contributed by atoms with Crippen LogP contribution in [-0.2, 0) is 9.47 Å². The fraction of sp³-hybridized carbons (Fsp3) is 1.00. The van der Waals surface area contributed by atoms with Gasteiger partial charge in [0, 0.05) is 19.7 Å². The summed E-state index contributed by atoms with van der Waals surface area (Å²) in [6.45, 7) is 11.3. The average molecular weight is 271 g/mol. The summed E-state index contributed by atoms with van der Waals surface area (Å²) in [4.78, 5) is 0. The van der Waals surface area contributed by atoms with Gasteiger partial charge in [0.15, 0.2) is 0 Å². The van der Waals surface area contributed by atoms with E-state index in [2.05, 4.69) is 26.1 Å². The molecular formula is C16H33NO2. The molecule has 0 atom stereocenters. The number of unbranched alkanes of at least 4 members (excludes halogenated alkanes) is 1. The highest BCUT2D eigenvalue weighted by Crippen LogP contribution is 2.35. The highest BCUT2D eigenvalue weighted by molar-refractivity contribution is 4.78. The van der Waals surface area contributed by atoms with Gasteiger partial charge in [0.05, 0.1) is 19.3 Å². The summed E-state index contributed by atoms with van der Waals surface area (Å²) in [5, 5.41) is 3.37. The van der Waals surface area contributed by atoms with Crippen LogP contribution in [0.25, 0.3) is 0 Å². The molecule has 1 saturated carbocycles. The maximum absolute atomic E-state index is 5.92. The number of hydrogen-bond acceptors (Lipinski definition) is 3. The first-order chi connectivity index (χ1) is 9.14. The van der Waals surface area contributed by atoms with Gasteiger partial charge >= 0.3 is 0 Å². The maximum atomic E-state index is 5.92. The lowest BCUT2D eigenvalue weighted by Gasteiger charge is -2.34. The van der Waals surface area contributed by atoms with Crippen molar-refractivity contribution in [3.63, 3.8) is 0 Å². The van der Waals surface area contributed by atoms with Gasteiger partial charge in [-0.15, -0.1) is 0 Å². The van der Waals surface area contributed by atoms with E-state index in [-0.39, 0.29) is 0 Å². The third-order valence-electron chi connectivity index (χ3n) is 3.98. The zero-order valence-corrected chi connectivity index (χ0v) is 13.2. The number of rotatable bonds is 10. The van der Waals surface area contributed by atoms with E-state index in [1.54, 1.807) is 0 Å². The van der Waals surface area contributed by atoms with Crippen LogP contribution in [-0.4, -0.2) is 39.0 Å². The Hall–Kier alpha value is -0.120. The minimum Gasteiger partial charge on any atom is -0.380 e. The second-order valence-corrected chi connectivity index (χ2v) is 6.45. The van der Waals surface area contributed by atoms with Gasteiger partial charge in [0.2, 0.25) is 0 Å². The summed E-state index contributed by atoms with van der Waals surface area (Å²) >= 11 is 0. The molecule has 19 heavy (non-hydrogen) atoms. The quantitative estimate of drug-likeness (QED) is 0.618. The Kier molecular flexibility index (Phi) is 8.67. The van der Waals surface area contributed by atoms with E-state index in [1.165, 1.54) is 38.5 Å². The van der Waals surface area contributed by atoms with Crippen LogP contribution in [0, 0.1) is 5.41 Å². The van der Waals surface area contributed by atoms with Crippen molar-refractivity contribution in [1.82, 2.24) is 5.32 Å². The Morgan fingerprint density at radius 2 is 1.74 bits per heavy atom. The van der Waals surface area contributed by atoms with Crippen LogP contribution in [0.15, 0.2) is 0 Å². The largest absolute Gasteiger partial charge is 0.380 e. The van der Waals surface area contributed by atoms with Crippen molar-refractivity contribution in [3.8, 4) is 0 Å². The van der Waals surface area contributed by atoms with E-state index in [1.807, 2.05) is 0 Å². The SMILES string of the molecule is CCCCOCCNCCOC1CCC(C)(C)CC1. The molecule has 0 amide bonds. The second-order valence-electron chi connectivity index (χ2n) is 6.45. The van der Waals surface area contributed by atoms with Crippen molar-refractivity contribution in [2.45, 2.75) is 65.4 Å². The van der Waals surface area contributed by atoms with Crippen LogP contribution in [0.3, 0.4) is 0 Å². The molecule has 3 heteroatoms. The summed E-state index contributed by atoms with van der Waals surface area (Å²) in [7, 11) is 0. The molecule has 1 rings (SSSR count). The maximum Gasteiger partial charge on any atom is 0.0594 e. The summed E-state index contributed by atoms with van der Waals surface area (Å²) in [6.07, 6.45) is 7.93. The molecule has 0 spiro atoms. The molecule has 0 radical (unpaired) electrons. The van der Waals surface area contributed by atoms with Crippen molar-refractivity contribution < 1.29 is 9.47 Å². The molecule has 3 nitrogen and oxygen atoms in total. The normalized spacial score (nSPS) is 19.7. The van der Waals surface area contributed by atoms with Crippen molar-refractivity contribution in [1.29, 1.82) is 0 Å². The Balaban J connectivity index is 1.84. The standard InChI is InChI=1S/C16H33NO2/c1-4-5-12-18-13-10-17-11-14-19-15-6-8-16(2,3)9-7-15/h15,17H,4-14H2,1-3H3. The van der Waals surface area contributed by atoms with E-state index in [0.29, 0.717) is 11.5 Å². The van der Waals surface area contributed by atoms with Gasteiger partial charge in [-0.3, -0.25) is 0 Å². The molecule has 1 aliphatic carbocycles. The number of nitrogens with one attached hydrogen (secondary N) is 1. The second kappa shape index (κ2) is 9.73. The van der Waals surface area contributed by atoms with Crippen LogP contribution in [0.1, 0.15) is 59.3 Å². The molecule has 0 saturated heterocycles. The molecule has 1 fully saturated rings. The predicted octanol–water partition coefficient (Wildman–Crippen LogP) is 3.38. The average Bonchev–Trinajstić information content (AvgIpc) is 2.38. The Labute approximate surface area is 119 Å². The van der Waals surface area contributed by atoms with Crippen LogP contribution in [0.5, 0.6) is 0 Å². The van der Waals surface area contributed by atoms with Crippen molar-refractivity contribution in [2.75, 3.05) is 32.9 Å². The lowest BCUT2D eigenvalue weighted by Crippen LogP contribution is -2.30. The fourth-order valence-corrected chi connectivity index (χ4v) is 2.46. The molecule has 0 aromatic heterocycles. The topological polar surface area (TPSA) is 30.5 Å². The van der Waals surface area contributed by atoms with Gasteiger partial charge in [-0.1, -0.05) is 27.2 Å². The molecule has 0 aromatic rings. The number of ether oxygens (including phenoxy) is 2. The molecule has 0 bridgehead atoms. The molecular weight excluding hydrogens is 238 g/mol. The van der Waals surface area contributed by atoms with E-state index in [4.69, 9.17) is 9.47 Å². The summed E-state index contributed by atoms with van der Waals surface area (Å²) in [5.74, 6) is 0. The zero-order valence-electron chi connectivity index (χ0n) is 13.2. The molecule has 0 aromatic carbocycles. The molecule has 0 aliphatic heterocycles. The van der Waals surface area contributed by atoms with Gasteiger partial charge in [-0.25, -0.2) is 0 Å². The van der Waals surface area contributed by atoms with Crippen molar-refractivity contribution in [2.24, 2.45) is 5.41 Å². The van der Waals surface area contributed by atoms with Gasteiger partial charge in [-0.2, -0.15) is 0 Å². The smallest absolute Gasteiger partial charge is 0.0594 e. The third kappa shape index (κ3) is 8.61. The monoisotopic (exact) mass is 271 g/mol. The minimum atomic E-state index is 0.496. The van der Waals surface area contributed by atoms with Crippen LogP contribution in [0.4, 0.5) is 0 Å². The van der Waals surface area contributed by atoms with Gasteiger partial charge < -0.3 is 14.8 Å². The first-order valence-corrected chi connectivity index (χ1v) is 8.04. The first kappa shape index (κ1) is 16.9. The van der Waals surface area contributed by atoms with Gasteiger partial charge in [0.25, 0.3) is 0 Å². The van der Waals surface area contributed by atoms with Crippen molar-refractivity contribution >= 4 is 0 Å². The molecule has 0 heterocycles. The van der Waals surface area contributed by atoms with Crippen molar-refractivity contribution in [3.05, 3.63) is 0 Å². The zero-order chi connectivity index (χ0) is 14.0. The van der Waals surface area contributed by atoms with Crippen LogP contribution < -0.4 is 5.32 Å². The van der Waals surface area contributed by atoms with E-state index in [9.17, 15) is 0 Å². The van der Waals surface area contributed by atoms with Crippen LogP contribution in [0.2, 0.25) is 0 Å². The van der Waals surface area contributed by atoms with Crippen LogP contribution >= 0.6 is 0 Å². The molecule has 1 N–H and O–H groups in total. The predicted molar refractivity (Wildman–Crippen MR) is 80.6 cm³/mol. The third-order valence-corrected chi connectivity index (χ3v) is 3.98. The summed E-state index contributed by atoms with van der Waals surface area (Å²) in [6, 6.07) is 0. The van der Waals surface area contributed by atoms with Gasteiger partial charge in [-0.05, 0) is 37.5 Å². The lowest BCUT2D eigenvalue weighted by atomic mass is 9.76. The lowest BCUT2D eigenvalue weighted by molar-refractivity contribution is 0.00554. The minimum absolute atomic E-state index is 0.496. The Morgan fingerprint density at radius 3 is 2.42 bits per heavy atom. The highest BCUT2D eigenvalue weighted by atomic mass is 16.5. The summed E-state index contributed by atoms with van der Waals surface area (Å²) < 4.78 is 11.4. The van der Waals surface area contributed by atoms with E-state index in [0.717, 1.165) is 32.9 Å². The van der Waals surface area contributed by atoms with E-state index < -0.39 is 0 Å². The van der Waals surface area contributed by atoms with Gasteiger partial charge in [0.1, 0.15) is 0 Å². The van der Waals surface area contributed by atoms with E-state index >= 15 is 0 Å². The Morgan fingerprint density at radius 1 is 1.05 bits per heavy atom. The fourth-order valence-electron chi connectivity index (χ4n) is 2.46. The highest BCUT2D eigenvalue weighted by Gasteiger charge is 2.26. The first-order valence-electron chi connectivity index (χ1n) is 8.04.